The van der Waals surface area contributed by atoms with Crippen LogP contribution in [0, 0.1) is 0 Å². The second kappa shape index (κ2) is 6.13. The summed E-state index contributed by atoms with van der Waals surface area (Å²) in [5.41, 5.74) is 3.23. The van der Waals surface area contributed by atoms with Crippen molar-refractivity contribution in [2.24, 2.45) is 0 Å². The highest BCUT2D eigenvalue weighted by atomic mass is 16.3. The minimum Gasteiger partial charge on any atom is -0.508 e. The van der Waals surface area contributed by atoms with Crippen LogP contribution in [-0.2, 0) is 11.2 Å². The number of hydrogen-bond acceptors (Lipinski definition) is 3. The topological polar surface area (TPSA) is 78.0 Å². The van der Waals surface area contributed by atoms with E-state index >= 15 is 0 Å². The number of aromatic hydroxyl groups is 1. The van der Waals surface area contributed by atoms with E-state index in [2.05, 4.69) is 15.5 Å². The summed E-state index contributed by atoms with van der Waals surface area (Å²) in [6.07, 6.45) is 3.65. The van der Waals surface area contributed by atoms with Gasteiger partial charge in [0.25, 0.3) is 0 Å². The molecule has 0 radical (unpaired) electrons. The minimum atomic E-state index is -0.175. The van der Waals surface area contributed by atoms with Crippen LogP contribution < -0.4 is 5.32 Å². The van der Waals surface area contributed by atoms with Crippen LogP contribution >= 0.6 is 0 Å². The van der Waals surface area contributed by atoms with Gasteiger partial charge >= 0.3 is 0 Å². The van der Waals surface area contributed by atoms with Gasteiger partial charge in [-0.2, -0.15) is 5.10 Å². The van der Waals surface area contributed by atoms with Crippen molar-refractivity contribution in [2.75, 3.05) is 5.32 Å². The maximum Gasteiger partial charge on any atom is 0.228 e. The third kappa shape index (κ3) is 3.15. The predicted octanol–water partition coefficient (Wildman–Crippen LogP) is 2.96. The van der Waals surface area contributed by atoms with E-state index < -0.39 is 0 Å². The van der Waals surface area contributed by atoms with Crippen molar-refractivity contribution in [3.8, 4) is 16.9 Å². The van der Waals surface area contributed by atoms with E-state index in [-0.39, 0.29) is 18.1 Å². The molecule has 1 aromatic heterocycles. The zero-order valence-corrected chi connectivity index (χ0v) is 11.8. The summed E-state index contributed by atoms with van der Waals surface area (Å²) in [7, 11) is 0. The van der Waals surface area contributed by atoms with Crippen molar-refractivity contribution in [1.82, 2.24) is 10.2 Å². The summed E-state index contributed by atoms with van der Waals surface area (Å²) in [5, 5.41) is 19.2. The Morgan fingerprint density at radius 1 is 1.14 bits per heavy atom. The molecule has 0 atom stereocenters. The lowest BCUT2D eigenvalue weighted by molar-refractivity contribution is -0.115. The number of H-pyrrole nitrogens is 1. The van der Waals surface area contributed by atoms with E-state index in [1.54, 1.807) is 36.7 Å². The standard InChI is InChI=1S/C17H15N3O2/c21-16-7-2-1-4-13(16)9-17(22)20-15-6-3-5-12(8-15)14-10-18-19-11-14/h1-8,10-11,21H,9H2,(H,18,19)(H,20,22). The number of carbonyl (C=O) groups excluding carboxylic acids is 1. The van der Waals surface area contributed by atoms with E-state index in [4.69, 9.17) is 0 Å². The summed E-state index contributed by atoms with van der Waals surface area (Å²) in [6.45, 7) is 0. The maximum absolute atomic E-state index is 12.1. The minimum absolute atomic E-state index is 0.128. The molecule has 5 nitrogen and oxygen atoms in total. The van der Waals surface area contributed by atoms with E-state index in [0.29, 0.717) is 11.3 Å². The highest BCUT2D eigenvalue weighted by Crippen LogP contribution is 2.22. The number of benzene rings is 2. The number of hydrogen-bond donors (Lipinski definition) is 3. The number of anilines is 1. The average Bonchev–Trinajstić information content (AvgIpc) is 3.04. The predicted molar refractivity (Wildman–Crippen MR) is 84.5 cm³/mol. The molecule has 0 aliphatic heterocycles. The van der Waals surface area contributed by atoms with Gasteiger partial charge in [-0.05, 0) is 23.8 Å². The Kier molecular flexibility index (Phi) is 3.87. The molecule has 0 aliphatic rings. The first-order valence-electron chi connectivity index (χ1n) is 6.88. The number of para-hydroxylation sites is 1. The first-order valence-corrected chi connectivity index (χ1v) is 6.88. The van der Waals surface area contributed by atoms with Crippen molar-refractivity contribution in [1.29, 1.82) is 0 Å². The smallest absolute Gasteiger partial charge is 0.228 e. The molecule has 0 spiro atoms. The molecule has 3 rings (SSSR count). The van der Waals surface area contributed by atoms with Gasteiger partial charge in [0.2, 0.25) is 5.91 Å². The van der Waals surface area contributed by atoms with Crippen LogP contribution in [0.2, 0.25) is 0 Å². The fourth-order valence-electron chi connectivity index (χ4n) is 2.22. The number of rotatable bonds is 4. The van der Waals surface area contributed by atoms with Crippen molar-refractivity contribution >= 4 is 11.6 Å². The highest BCUT2D eigenvalue weighted by molar-refractivity contribution is 5.93. The summed E-state index contributed by atoms with van der Waals surface area (Å²) in [6, 6.07) is 14.4. The molecule has 3 N–H and O–H groups in total. The zero-order valence-electron chi connectivity index (χ0n) is 11.8. The van der Waals surface area contributed by atoms with Crippen LogP contribution in [0.25, 0.3) is 11.1 Å². The second-order valence-corrected chi connectivity index (χ2v) is 4.92. The largest absolute Gasteiger partial charge is 0.508 e. The summed E-state index contributed by atoms with van der Waals surface area (Å²) >= 11 is 0. The Balaban J connectivity index is 1.72. The first kappa shape index (κ1) is 13.9. The van der Waals surface area contributed by atoms with E-state index in [0.717, 1.165) is 11.1 Å². The third-order valence-electron chi connectivity index (χ3n) is 3.32. The Labute approximate surface area is 127 Å². The number of phenolic OH excluding ortho intramolecular Hbond substituents is 1. The summed E-state index contributed by atoms with van der Waals surface area (Å²) in [4.78, 5) is 12.1. The molecule has 0 fully saturated rings. The van der Waals surface area contributed by atoms with Gasteiger partial charge in [0, 0.05) is 23.0 Å². The third-order valence-corrected chi connectivity index (χ3v) is 3.32. The number of nitrogens with zero attached hydrogens (tertiary/aromatic N) is 1. The van der Waals surface area contributed by atoms with Crippen LogP contribution in [0.4, 0.5) is 5.69 Å². The number of aromatic amines is 1. The Hall–Kier alpha value is -3.08. The lowest BCUT2D eigenvalue weighted by atomic mass is 10.1. The van der Waals surface area contributed by atoms with Gasteiger partial charge in [-0.25, -0.2) is 0 Å². The fraction of sp³-hybridized carbons (Fsp3) is 0.0588. The fourth-order valence-corrected chi connectivity index (χ4v) is 2.22. The molecule has 0 aliphatic carbocycles. The average molecular weight is 293 g/mol. The van der Waals surface area contributed by atoms with Crippen LogP contribution in [0.5, 0.6) is 5.75 Å². The molecule has 2 aromatic carbocycles. The van der Waals surface area contributed by atoms with Crippen LogP contribution in [0.3, 0.4) is 0 Å². The molecule has 5 heteroatoms. The number of amides is 1. The highest BCUT2D eigenvalue weighted by Gasteiger charge is 2.08. The normalized spacial score (nSPS) is 10.4. The molecule has 22 heavy (non-hydrogen) atoms. The number of nitrogens with one attached hydrogen (secondary N) is 2. The Bertz CT molecular complexity index is 782. The number of phenols is 1. The van der Waals surface area contributed by atoms with Gasteiger partial charge in [0.05, 0.1) is 12.6 Å². The van der Waals surface area contributed by atoms with E-state index in [9.17, 15) is 9.90 Å². The number of aromatic nitrogens is 2. The molecular formula is C17H15N3O2. The molecule has 0 saturated heterocycles. The van der Waals surface area contributed by atoms with Crippen molar-refractivity contribution in [3.05, 3.63) is 66.5 Å². The molecule has 110 valence electrons. The Morgan fingerprint density at radius 2 is 2.00 bits per heavy atom. The molecule has 0 bridgehead atoms. The summed E-state index contributed by atoms with van der Waals surface area (Å²) in [5.74, 6) is -0.0457. The first-order chi connectivity index (χ1) is 10.7. The summed E-state index contributed by atoms with van der Waals surface area (Å²) < 4.78 is 0. The molecule has 3 aromatic rings. The van der Waals surface area contributed by atoms with Crippen molar-refractivity contribution < 1.29 is 9.90 Å². The van der Waals surface area contributed by atoms with Gasteiger partial charge in [0.15, 0.2) is 0 Å². The second-order valence-electron chi connectivity index (χ2n) is 4.92. The molecule has 1 heterocycles. The molecule has 0 unspecified atom stereocenters. The molecular weight excluding hydrogens is 278 g/mol. The lowest BCUT2D eigenvalue weighted by Crippen LogP contribution is -2.14. The monoisotopic (exact) mass is 293 g/mol. The van der Waals surface area contributed by atoms with Gasteiger partial charge < -0.3 is 10.4 Å². The molecule has 0 saturated carbocycles. The Morgan fingerprint density at radius 3 is 2.77 bits per heavy atom. The maximum atomic E-state index is 12.1. The van der Waals surface area contributed by atoms with Gasteiger partial charge in [-0.15, -0.1) is 0 Å². The van der Waals surface area contributed by atoms with Crippen LogP contribution in [-0.4, -0.2) is 21.2 Å². The quantitative estimate of drug-likeness (QED) is 0.692. The van der Waals surface area contributed by atoms with E-state index in [1.165, 1.54) is 0 Å². The SMILES string of the molecule is O=C(Cc1ccccc1O)Nc1cccc(-c2cn[nH]c2)c1. The van der Waals surface area contributed by atoms with Gasteiger partial charge in [0.1, 0.15) is 5.75 Å². The zero-order chi connectivity index (χ0) is 15.4. The van der Waals surface area contributed by atoms with Crippen LogP contribution in [0.1, 0.15) is 5.56 Å². The van der Waals surface area contributed by atoms with E-state index in [1.807, 2.05) is 24.3 Å². The van der Waals surface area contributed by atoms with Crippen LogP contribution in [0.15, 0.2) is 60.9 Å². The van der Waals surface area contributed by atoms with Gasteiger partial charge in [-0.3, -0.25) is 9.89 Å². The van der Waals surface area contributed by atoms with Gasteiger partial charge in [-0.1, -0.05) is 30.3 Å². The number of carbonyl (C=O) groups is 1. The lowest BCUT2D eigenvalue weighted by Gasteiger charge is -2.08. The van der Waals surface area contributed by atoms with Crippen molar-refractivity contribution in [2.45, 2.75) is 6.42 Å². The van der Waals surface area contributed by atoms with Crippen molar-refractivity contribution in [3.63, 3.8) is 0 Å². The molecule has 1 amide bonds.